The van der Waals surface area contributed by atoms with E-state index in [2.05, 4.69) is 21.9 Å². The first kappa shape index (κ1) is 22.6. The Hall–Kier alpha value is -4.16. The summed E-state index contributed by atoms with van der Waals surface area (Å²) >= 11 is 0. The van der Waals surface area contributed by atoms with Crippen molar-refractivity contribution in [3.63, 3.8) is 0 Å². The maximum Gasteiger partial charge on any atom is 0.267 e. The van der Waals surface area contributed by atoms with Crippen molar-refractivity contribution in [1.29, 1.82) is 5.26 Å². The Kier molecular flexibility index (Phi) is 6.46. The molecule has 0 N–H and O–H groups in total. The molecular formula is C26H26N6O3. The van der Waals surface area contributed by atoms with E-state index in [-0.39, 0.29) is 16.7 Å². The minimum absolute atomic E-state index is 0.0779. The Morgan fingerprint density at radius 1 is 0.943 bits per heavy atom. The number of ether oxygens (including phenoxy) is 1. The van der Waals surface area contributed by atoms with Gasteiger partial charge in [0.05, 0.1) is 18.8 Å². The van der Waals surface area contributed by atoms with Crippen LogP contribution in [0.15, 0.2) is 65.1 Å². The van der Waals surface area contributed by atoms with E-state index in [0.29, 0.717) is 50.9 Å². The second-order valence-electron chi connectivity index (χ2n) is 8.47. The zero-order valence-electron chi connectivity index (χ0n) is 19.3. The molecule has 4 heterocycles. The highest BCUT2D eigenvalue weighted by molar-refractivity contribution is 6.02. The van der Waals surface area contributed by atoms with E-state index in [1.165, 1.54) is 10.5 Å². The summed E-state index contributed by atoms with van der Waals surface area (Å²) in [4.78, 5) is 37.3. The van der Waals surface area contributed by atoms with Crippen molar-refractivity contribution in [3.05, 3.63) is 76.2 Å². The van der Waals surface area contributed by atoms with Gasteiger partial charge in [-0.05, 0) is 30.3 Å². The average molecular weight is 471 g/mol. The third-order valence-electron chi connectivity index (χ3n) is 6.39. The molecule has 9 nitrogen and oxygen atoms in total. The molecule has 2 fully saturated rings. The minimum Gasteiger partial charge on any atom is -0.378 e. The van der Waals surface area contributed by atoms with E-state index in [1.807, 2.05) is 30.3 Å². The van der Waals surface area contributed by atoms with Gasteiger partial charge in [0, 0.05) is 51.2 Å². The maximum absolute atomic E-state index is 13.5. The number of rotatable bonds is 4. The fourth-order valence-corrected chi connectivity index (χ4v) is 4.50. The molecular weight excluding hydrogens is 444 g/mol. The predicted molar refractivity (Wildman–Crippen MR) is 133 cm³/mol. The monoisotopic (exact) mass is 470 g/mol. The fourth-order valence-electron chi connectivity index (χ4n) is 4.50. The summed E-state index contributed by atoms with van der Waals surface area (Å²) in [5.41, 5.74) is 1.54. The van der Waals surface area contributed by atoms with Crippen molar-refractivity contribution < 1.29 is 9.53 Å². The first-order chi connectivity index (χ1) is 17.2. The van der Waals surface area contributed by atoms with Crippen LogP contribution >= 0.6 is 0 Å². The van der Waals surface area contributed by atoms with Gasteiger partial charge < -0.3 is 19.4 Å². The zero-order chi connectivity index (χ0) is 24.2. The second-order valence-corrected chi connectivity index (χ2v) is 8.47. The van der Waals surface area contributed by atoms with Gasteiger partial charge in [-0.15, -0.1) is 0 Å². The molecule has 0 bridgehead atoms. The summed E-state index contributed by atoms with van der Waals surface area (Å²) in [5.74, 6) is 0.102. The Balaban J connectivity index is 1.51. The summed E-state index contributed by atoms with van der Waals surface area (Å²) in [6, 6.07) is 17.6. The number of carbonyl (C=O) groups excluding carboxylic acids is 1. The highest BCUT2D eigenvalue weighted by atomic mass is 16.5. The number of piperazine rings is 1. The smallest absolute Gasteiger partial charge is 0.267 e. The molecule has 1 aromatic carbocycles. The SMILES string of the molecule is N#CC(=Cc1c(N2CCN(c3ccccc3)CC2)nc2ccccn2c1=O)C(=O)N1CCOCC1. The molecule has 0 saturated carbocycles. The lowest BCUT2D eigenvalue weighted by Crippen LogP contribution is -2.47. The van der Waals surface area contributed by atoms with Gasteiger partial charge in [0.1, 0.15) is 23.1 Å². The molecule has 0 radical (unpaired) electrons. The number of nitrogens with zero attached hydrogens (tertiary/aromatic N) is 6. The normalized spacial score (nSPS) is 16.9. The molecule has 2 aromatic heterocycles. The maximum atomic E-state index is 13.5. The third-order valence-corrected chi connectivity index (χ3v) is 6.39. The number of anilines is 2. The summed E-state index contributed by atoms with van der Waals surface area (Å²) < 4.78 is 6.77. The van der Waals surface area contributed by atoms with Crippen LogP contribution in [0.1, 0.15) is 5.56 Å². The van der Waals surface area contributed by atoms with E-state index in [1.54, 1.807) is 23.2 Å². The molecule has 0 unspecified atom stereocenters. The van der Waals surface area contributed by atoms with Crippen LogP contribution in [-0.4, -0.2) is 72.7 Å². The average Bonchev–Trinajstić information content (AvgIpc) is 2.93. The van der Waals surface area contributed by atoms with Crippen LogP contribution in [-0.2, 0) is 9.53 Å². The highest BCUT2D eigenvalue weighted by Gasteiger charge is 2.25. The lowest BCUT2D eigenvalue weighted by atomic mass is 10.1. The van der Waals surface area contributed by atoms with Gasteiger partial charge in [0.25, 0.3) is 11.5 Å². The van der Waals surface area contributed by atoms with Crippen LogP contribution in [0.5, 0.6) is 0 Å². The molecule has 2 aliphatic heterocycles. The third kappa shape index (κ3) is 4.61. The van der Waals surface area contributed by atoms with E-state index in [4.69, 9.17) is 9.72 Å². The Labute approximate surface area is 203 Å². The number of carbonyl (C=O) groups is 1. The zero-order valence-corrected chi connectivity index (χ0v) is 19.3. The first-order valence-corrected chi connectivity index (χ1v) is 11.7. The first-order valence-electron chi connectivity index (χ1n) is 11.7. The van der Waals surface area contributed by atoms with Crippen molar-refractivity contribution in [2.75, 3.05) is 62.3 Å². The summed E-state index contributed by atoms with van der Waals surface area (Å²) in [6.07, 6.45) is 3.06. The summed E-state index contributed by atoms with van der Waals surface area (Å²) in [5, 5.41) is 9.81. The number of aromatic nitrogens is 2. The molecule has 0 spiro atoms. The highest BCUT2D eigenvalue weighted by Crippen LogP contribution is 2.23. The summed E-state index contributed by atoms with van der Waals surface area (Å²) in [7, 11) is 0. The molecule has 0 aliphatic carbocycles. The van der Waals surface area contributed by atoms with Gasteiger partial charge in [0.2, 0.25) is 0 Å². The van der Waals surface area contributed by atoms with E-state index in [0.717, 1.165) is 18.8 Å². The van der Waals surface area contributed by atoms with Crippen LogP contribution < -0.4 is 15.4 Å². The largest absolute Gasteiger partial charge is 0.378 e. The van der Waals surface area contributed by atoms with Crippen LogP contribution in [0.25, 0.3) is 11.7 Å². The standard InChI is InChI=1S/C26H26N6O3/c27-19-20(25(33)31-14-16-35-17-15-31)18-22-24(28-23-8-4-5-9-32(23)26(22)34)30-12-10-29(11-13-30)21-6-2-1-3-7-21/h1-9,18H,10-17H2. The van der Waals surface area contributed by atoms with Crippen molar-refractivity contribution in [2.45, 2.75) is 0 Å². The van der Waals surface area contributed by atoms with Gasteiger partial charge >= 0.3 is 0 Å². The van der Waals surface area contributed by atoms with Gasteiger partial charge in [-0.25, -0.2) is 4.98 Å². The van der Waals surface area contributed by atoms with Crippen molar-refractivity contribution in [3.8, 4) is 6.07 Å². The number of para-hydroxylation sites is 1. The summed E-state index contributed by atoms with van der Waals surface area (Å²) in [6.45, 7) is 4.54. The predicted octanol–water partition coefficient (Wildman–Crippen LogP) is 1.79. The number of benzene rings is 1. The fraction of sp³-hybridized carbons (Fsp3) is 0.308. The number of pyridine rings is 1. The molecule has 0 atom stereocenters. The molecule has 2 aliphatic rings. The molecule has 35 heavy (non-hydrogen) atoms. The van der Waals surface area contributed by atoms with E-state index < -0.39 is 5.91 Å². The van der Waals surface area contributed by atoms with Crippen molar-refractivity contribution in [2.24, 2.45) is 0 Å². The number of hydrogen-bond acceptors (Lipinski definition) is 7. The Bertz CT molecular complexity index is 1350. The van der Waals surface area contributed by atoms with Crippen LogP contribution in [0.2, 0.25) is 0 Å². The van der Waals surface area contributed by atoms with Crippen molar-refractivity contribution >= 4 is 29.1 Å². The van der Waals surface area contributed by atoms with Crippen molar-refractivity contribution in [1.82, 2.24) is 14.3 Å². The van der Waals surface area contributed by atoms with Crippen LogP contribution in [0, 0.1) is 11.3 Å². The lowest BCUT2D eigenvalue weighted by molar-refractivity contribution is -0.130. The Morgan fingerprint density at radius 3 is 2.34 bits per heavy atom. The lowest BCUT2D eigenvalue weighted by Gasteiger charge is -2.37. The van der Waals surface area contributed by atoms with E-state index >= 15 is 0 Å². The molecule has 2 saturated heterocycles. The minimum atomic E-state index is -0.395. The number of hydrogen-bond donors (Lipinski definition) is 0. The second kappa shape index (κ2) is 9.99. The topological polar surface area (TPSA) is 94.2 Å². The number of nitriles is 1. The number of amides is 1. The van der Waals surface area contributed by atoms with Gasteiger partial charge in [-0.3, -0.25) is 14.0 Å². The number of fused-ring (bicyclic) bond motifs is 1. The molecule has 1 amide bonds. The Morgan fingerprint density at radius 2 is 1.63 bits per heavy atom. The molecule has 9 heteroatoms. The quantitative estimate of drug-likeness (QED) is 0.424. The van der Waals surface area contributed by atoms with Crippen LogP contribution in [0.3, 0.4) is 0 Å². The van der Waals surface area contributed by atoms with E-state index in [9.17, 15) is 14.9 Å². The van der Waals surface area contributed by atoms with Gasteiger partial charge in [0.15, 0.2) is 0 Å². The van der Waals surface area contributed by atoms with Gasteiger partial charge in [-0.1, -0.05) is 24.3 Å². The molecule has 178 valence electrons. The molecule has 5 rings (SSSR count). The van der Waals surface area contributed by atoms with Crippen LogP contribution in [0.4, 0.5) is 11.5 Å². The number of morpholine rings is 1. The molecule has 3 aromatic rings. The van der Waals surface area contributed by atoms with Gasteiger partial charge in [-0.2, -0.15) is 5.26 Å².